The summed E-state index contributed by atoms with van der Waals surface area (Å²) in [6.45, 7) is 1.82. The van der Waals surface area contributed by atoms with E-state index in [1.807, 2.05) is 12.1 Å². The summed E-state index contributed by atoms with van der Waals surface area (Å²) in [4.78, 5) is 13.2. The highest BCUT2D eigenvalue weighted by molar-refractivity contribution is 6.00. The molecule has 34 heavy (non-hydrogen) atoms. The van der Waals surface area contributed by atoms with Gasteiger partial charge in [-0.1, -0.05) is 48.9 Å². The van der Waals surface area contributed by atoms with Crippen LogP contribution >= 0.6 is 0 Å². The maximum Gasteiger partial charge on any atom is 0.417 e. The molecule has 1 aliphatic heterocycles. The molecule has 1 aliphatic rings. The summed E-state index contributed by atoms with van der Waals surface area (Å²) in [6, 6.07) is 13.8. The molecule has 7 heteroatoms. The van der Waals surface area contributed by atoms with E-state index >= 15 is 0 Å². The number of fused-ring (bicyclic) bond motifs is 1. The molecule has 0 unspecified atom stereocenters. The molecule has 1 N–H and O–H groups in total. The number of nitrogens with zero attached hydrogens (tertiary/aromatic N) is 1. The number of piperidine rings is 1. The van der Waals surface area contributed by atoms with Gasteiger partial charge in [0.05, 0.1) is 12.7 Å². The lowest BCUT2D eigenvalue weighted by Crippen LogP contribution is -2.30. The minimum absolute atomic E-state index is 0.0329. The summed E-state index contributed by atoms with van der Waals surface area (Å²) in [5.41, 5.74) is 0.827. The molecule has 1 saturated heterocycles. The normalized spacial score (nSPS) is 14.9. The number of alkyl halides is 3. The quantitative estimate of drug-likeness (QED) is 0.425. The number of hydrogen-bond donors (Lipinski definition) is 1. The second-order valence-corrected chi connectivity index (χ2v) is 8.72. The van der Waals surface area contributed by atoms with Crippen molar-refractivity contribution in [2.24, 2.45) is 0 Å². The van der Waals surface area contributed by atoms with E-state index in [0.717, 1.165) is 43.3 Å². The number of ether oxygens (including phenoxy) is 1. The highest BCUT2D eigenvalue weighted by Crippen LogP contribution is 2.46. The van der Waals surface area contributed by atoms with Crippen molar-refractivity contribution < 1.29 is 27.8 Å². The van der Waals surface area contributed by atoms with Crippen LogP contribution in [-0.2, 0) is 23.9 Å². The van der Waals surface area contributed by atoms with Gasteiger partial charge < -0.3 is 9.84 Å². The summed E-state index contributed by atoms with van der Waals surface area (Å²) in [7, 11) is 1.38. The molecule has 0 amide bonds. The van der Waals surface area contributed by atoms with Crippen molar-refractivity contribution >= 4 is 16.7 Å². The van der Waals surface area contributed by atoms with Gasteiger partial charge in [-0.3, -0.25) is 9.69 Å². The lowest BCUT2D eigenvalue weighted by Gasteiger charge is -2.29. The fourth-order valence-electron chi connectivity index (χ4n) is 4.93. The van der Waals surface area contributed by atoms with Crippen LogP contribution in [0.4, 0.5) is 13.2 Å². The number of likely N-dealkylation sites (tertiary alicyclic amines) is 1. The van der Waals surface area contributed by atoms with Gasteiger partial charge in [-0.25, -0.2) is 0 Å². The topological polar surface area (TPSA) is 49.8 Å². The maximum atomic E-state index is 14.6. The maximum absolute atomic E-state index is 14.6. The number of methoxy groups -OCH3 is 1. The van der Waals surface area contributed by atoms with Crippen LogP contribution in [0.1, 0.15) is 42.4 Å². The number of aryl methyl sites for hydroxylation is 1. The third-order valence-electron chi connectivity index (χ3n) is 6.49. The van der Waals surface area contributed by atoms with Crippen molar-refractivity contribution in [3.8, 4) is 16.9 Å². The Morgan fingerprint density at radius 2 is 1.68 bits per heavy atom. The van der Waals surface area contributed by atoms with Crippen LogP contribution in [0.3, 0.4) is 0 Å². The second-order valence-electron chi connectivity index (χ2n) is 8.72. The van der Waals surface area contributed by atoms with E-state index in [4.69, 9.17) is 9.84 Å². The van der Waals surface area contributed by atoms with Crippen molar-refractivity contribution in [3.63, 3.8) is 0 Å². The molecule has 3 aromatic carbocycles. The Morgan fingerprint density at radius 3 is 2.35 bits per heavy atom. The number of aliphatic carboxylic acids is 1. The summed E-state index contributed by atoms with van der Waals surface area (Å²) >= 11 is 0. The van der Waals surface area contributed by atoms with Crippen LogP contribution in [0.2, 0.25) is 0 Å². The third kappa shape index (κ3) is 5.04. The summed E-state index contributed by atoms with van der Waals surface area (Å²) in [5, 5.41) is 10.5. The lowest BCUT2D eigenvalue weighted by molar-refractivity contribution is -0.138. The first-order valence-electron chi connectivity index (χ1n) is 11.5. The third-order valence-corrected chi connectivity index (χ3v) is 6.49. The molecule has 0 bridgehead atoms. The molecule has 0 aromatic heterocycles. The van der Waals surface area contributed by atoms with Gasteiger partial charge in [0.2, 0.25) is 0 Å². The van der Waals surface area contributed by atoms with Crippen molar-refractivity contribution in [1.82, 2.24) is 4.90 Å². The van der Waals surface area contributed by atoms with Gasteiger partial charge in [0.15, 0.2) is 0 Å². The number of carboxylic acid groups (broad SMARTS) is 1. The Morgan fingerprint density at radius 1 is 0.971 bits per heavy atom. The number of carboxylic acids is 1. The smallest absolute Gasteiger partial charge is 0.417 e. The van der Waals surface area contributed by atoms with E-state index in [9.17, 15) is 18.0 Å². The molecule has 0 saturated carbocycles. The van der Waals surface area contributed by atoms with Gasteiger partial charge in [-0.2, -0.15) is 13.2 Å². The molecule has 0 atom stereocenters. The largest absolute Gasteiger partial charge is 0.496 e. The SMILES string of the molecule is COc1ccc(CN2CCCCC2)c(C(F)(F)F)c1-c1cccc2c(CCC(=O)O)cccc12. The average molecular weight is 472 g/mol. The van der Waals surface area contributed by atoms with E-state index in [1.165, 1.54) is 13.2 Å². The molecule has 4 nitrogen and oxygen atoms in total. The van der Waals surface area contributed by atoms with E-state index in [1.54, 1.807) is 30.3 Å². The molecule has 0 aliphatic carbocycles. The van der Waals surface area contributed by atoms with Crippen LogP contribution in [0.5, 0.6) is 5.75 Å². The zero-order chi connectivity index (χ0) is 24.3. The lowest BCUT2D eigenvalue weighted by atomic mass is 9.89. The Labute approximate surface area is 197 Å². The second kappa shape index (κ2) is 10.1. The Balaban J connectivity index is 1.91. The van der Waals surface area contributed by atoms with E-state index in [2.05, 4.69) is 4.90 Å². The first kappa shape index (κ1) is 24.1. The van der Waals surface area contributed by atoms with E-state index < -0.39 is 17.7 Å². The Bertz CT molecular complexity index is 1180. The fraction of sp³-hybridized carbons (Fsp3) is 0.370. The van der Waals surface area contributed by atoms with Gasteiger partial charge in [0.25, 0.3) is 0 Å². The first-order valence-corrected chi connectivity index (χ1v) is 11.5. The molecule has 4 rings (SSSR count). The van der Waals surface area contributed by atoms with Crippen LogP contribution in [0, 0.1) is 0 Å². The van der Waals surface area contributed by atoms with Crippen molar-refractivity contribution in [2.75, 3.05) is 20.2 Å². The van der Waals surface area contributed by atoms with Gasteiger partial charge in [0, 0.05) is 18.5 Å². The van der Waals surface area contributed by atoms with Gasteiger partial charge in [-0.15, -0.1) is 0 Å². The van der Waals surface area contributed by atoms with E-state index in [0.29, 0.717) is 17.4 Å². The average Bonchev–Trinajstić information content (AvgIpc) is 2.82. The molecule has 3 aromatic rings. The molecule has 180 valence electrons. The first-order chi connectivity index (χ1) is 16.3. The van der Waals surface area contributed by atoms with Gasteiger partial charge in [0.1, 0.15) is 5.75 Å². The zero-order valence-corrected chi connectivity index (χ0v) is 19.1. The Kier molecular flexibility index (Phi) is 7.12. The molecule has 0 spiro atoms. The van der Waals surface area contributed by atoms with Gasteiger partial charge >= 0.3 is 12.1 Å². The minimum atomic E-state index is -4.57. The van der Waals surface area contributed by atoms with Crippen LogP contribution < -0.4 is 4.74 Å². The molecule has 0 radical (unpaired) electrons. The zero-order valence-electron chi connectivity index (χ0n) is 19.1. The van der Waals surface area contributed by atoms with Crippen molar-refractivity contribution in [1.29, 1.82) is 0 Å². The monoisotopic (exact) mass is 471 g/mol. The van der Waals surface area contributed by atoms with Crippen LogP contribution in [-0.4, -0.2) is 36.2 Å². The summed E-state index contributed by atoms with van der Waals surface area (Å²) in [5.74, 6) is -0.752. The standard InChI is InChI=1S/C27H28F3NO3/c1-34-23-13-11-19(17-31-15-3-2-4-16-31)26(27(28,29)30)25(23)22-10-6-8-20-18(12-14-24(32)33)7-5-9-21(20)22/h5-11,13H,2-4,12,14-17H2,1H3,(H,32,33). The van der Waals surface area contributed by atoms with Crippen molar-refractivity contribution in [2.45, 2.75) is 44.8 Å². The van der Waals surface area contributed by atoms with E-state index in [-0.39, 0.29) is 29.8 Å². The molecule has 1 heterocycles. The van der Waals surface area contributed by atoms with Crippen molar-refractivity contribution in [3.05, 3.63) is 65.2 Å². The fourth-order valence-corrected chi connectivity index (χ4v) is 4.93. The molecular weight excluding hydrogens is 443 g/mol. The number of hydrogen-bond acceptors (Lipinski definition) is 3. The van der Waals surface area contributed by atoms with Crippen LogP contribution in [0.15, 0.2) is 48.5 Å². The molecule has 1 fully saturated rings. The number of carbonyl (C=O) groups is 1. The Hall–Kier alpha value is -3.06. The number of halogens is 3. The predicted molar refractivity (Wildman–Crippen MR) is 126 cm³/mol. The van der Waals surface area contributed by atoms with Gasteiger partial charge in [-0.05, 0) is 65.9 Å². The summed E-state index contributed by atoms with van der Waals surface area (Å²) < 4.78 is 49.3. The molecular formula is C27H28F3NO3. The van der Waals surface area contributed by atoms with Crippen LogP contribution in [0.25, 0.3) is 21.9 Å². The highest BCUT2D eigenvalue weighted by Gasteiger charge is 2.38. The number of rotatable bonds is 7. The number of benzene rings is 3. The minimum Gasteiger partial charge on any atom is -0.496 e. The highest BCUT2D eigenvalue weighted by atomic mass is 19.4. The summed E-state index contributed by atoms with van der Waals surface area (Å²) in [6.07, 6.45) is -1.23. The predicted octanol–water partition coefficient (Wildman–Crippen LogP) is 6.54.